The smallest absolute Gasteiger partial charge is 0.333 e. The predicted molar refractivity (Wildman–Crippen MR) is 47.8 cm³/mol. The summed E-state index contributed by atoms with van der Waals surface area (Å²) in [5, 5.41) is 0. The molecule has 0 spiro atoms. The predicted octanol–water partition coefficient (Wildman–Crippen LogP) is 1.54. The molecule has 2 heteroatoms. The van der Waals surface area contributed by atoms with Gasteiger partial charge in [0, 0.05) is 11.5 Å². The quantitative estimate of drug-likeness (QED) is 0.447. The van der Waals surface area contributed by atoms with Crippen LogP contribution < -0.4 is 0 Å². The lowest BCUT2D eigenvalue weighted by Crippen LogP contribution is -2.33. The first kappa shape index (κ1) is 7.36. The summed E-state index contributed by atoms with van der Waals surface area (Å²) in [6.07, 6.45) is 7.91. The lowest BCUT2D eigenvalue weighted by atomic mass is 9.69. The third kappa shape index (κ3) is 0.761. The van der Waals surface area contributed by atoms with Crippen molar-refractivity contribution in [1.29, 1.82) is 0 Å². The van der Waals surface area contributed by atoms with Crippen LogP contribution in [0.2, 0.25) is 0 Å². The summed E-state index contributed by atoms with van der Waals surface area (Å²) in [5.74, 6) is 2.34. The van der Waals surface area contributed by atoms with Gasteiger partial charge in [-0.15, -0.1) is 0 Å². The minimum atomic E-state index is -0.123. The van der Waals surface area contributed by atoms with Crippen LogP contribution in [0.15, 0.2) is 23.8 Å². The Bertz CT molecular complexity index is 327. The number of esters is 1. The Balaban J connectivity index is 1.88. The number of carbonyl (C=O) groups excluding carboxylic acids is 1. The van der Waals surface area contributed by atoms with Gasteiger partial charge in [0.1, 0.15) is 0 Å². The molecule has 0 aromatic rings. The average Bonchev–Trinajstić information content (AvgIpc) is 2.59. The van der Waals surface area contributed by atoms with E-state index in [0.29, 0.717) is 23.7 Å². The largest absolute Gasteiger partial charge is 0.466 e. The van der Waals surface area contributed by atoms with Gasteiger partial charge in [-0.25, -0.2) is 4.79 Å². The van der Waals surface area contributed by atoms with E-state index in [0.717, 1.165) is 5.57 Å². The molecule has 4 unspecified atom stereocenters. The van der Waals surface area contributed by atoms with Gasteiger partial charge < -0.3 is 4.74 Å². The van der Waals surface area contributed by atoms with E-state index >= 15 is 0 Å². The maximum Gasteiger partial charge on any atom is 0.333 e. The molecule has 2 bridgehead atoms. The van der Waals surface area contributed by atoms with Crippen molar-refractivity contribution in [2.24, 2.45) is 23.7 Å². The van der Waals surface area contributed by atoms with Crippen LogP contribution in [0.1, 0.15) is 6.42 Å². The van der Waals surface area contributed by atoms with Crippen molar-refractivity contribution in [2.45, 2.75) is 6.42 Å². The van der Waals surface area contributed by atoms with E-state index < -0.39 is 0 Å². The minimum absolute atomic E-state index is 0.123. The molecule has 4 atom stereocenters. The zero-order valence-corrected chi connectivity index (χ0v) is 7.57. The molecule has 0 aromatic carbocycles. The lowest BCUT2D eigenvalue weighted by Gasteiger charge is -2.35. The number of hydrogen-bond acceptors (Lipinski definition) is 2. The van der Waals surface area contributed by atoms with Gasteiger partial charge in [-0.3, -0.25) is 0 Å². The Hall–Kier alpha value is -1.05. The summed E-state index contributed by atoms with van der Waals surface area (Å²) in [6, 6.07) is 0. The zero-order valence-electron chi connectivity index (χ0n) is 7.57. The first-order valence-corrected chi connectivity index (χ1v) is 4.79. The molecular weight excluding hydrogens is 164 g/mol. The zero-order chi connectivity index (χ0) is 9.00. The van der Waals surface area contributed by atoms with E-state index in [2.05, 4.69) is 18.2 Å². The van der Waals surface area contributed by atoms with E-state index in [4.69, 9.17) is 4.74 Å². The molecule has 0 heterocycles. The summed E-state index contributed by atoms with van der Waals surface area (Å²) in [4.78, 5) is 11.3. The summed E-state index contributed by atoms with van der Waals surface area (Å²) in [7, 11) is 1.46. The summed E-state index contributed by atoms with van der Waals surface area (Å²) in [5.41, 5.74) is 0.921. The van der Waals surface area contributed by atoms with Gasteiger partial charge in [0.15, 0.2) is 0 Å². The van der Waals surface area contributed by atoms with Crippen LogP contribution in [0.25, 0.3) is 0 Å². The van der Waals surface area contributed by atoms with Gasteiger partial charge in [0.25, 0.3) is 0 Å². The molecule has 0 amide bonds. The molecule has 0 aliphatic heterocycles. The summed E-state index contributed by atoms with van der Waals surface area (Å²) in [6.45, 7) is 0. The SMILES string of the molecule is COC(=O)C1=CC2C3C=CC(C3)C12. The third-order valence-electron chi connectivity index (χ3n) is 3.67. The van der Waals surface area contributed by atoms with Crippen molar-refractivity contribution < 1.29 is 9.53 Å². The van der Waals surface area contributed by atoms with Crippen molar-refractivity contribution in [2.75, 3.05) is 7.11 Å². The number of methoxy groups -OCH3 is 1. The summed E-state index contributed by atoms with van der Waals surface area (Å²) < 4.78 is 4.74. The second-order valence-corrected chi connectivity index (χ2v) is 4.17. The molecule has 1 saturated carbocycles. The van der Waals surface area contributed by atoms with Crippen LogP contribution in [0.4, 0.5) is 0 Å². The highest BCUT2D eigenvalue weighted by Gasteiger charge is 2.52. The first-order chi connectivity index (χ1) is 6.31. The van der Waals surface area contributed by atoms with Crippen molar-refractivity contribution >= 4 is 5.97 Å². The van der Waals surface area contributed by atoms with Crippen LogP contribution in [-0.2, 0) is 9.53 Å². The molecule has 0 radical (unpaired) electrons. The van der Waals surface area contributed by atoms with E-state index in [1.54, 1.807) is 0 Å². The molecule has 13 heavy (non-hydrogen) atoms. The average molecular weight is 176 g/mol. The van der Waals surface area contributed by atoms with Gasteiger partial charge in [-0.05, 0) is 24.2 Å². The second-order valence-electron chi connectivity index (χ2n) is 4.17. The van der Waals surface area contributed by atoms with Crippen molar-refractivity contribution in [3.63, 3.8) is 0 Å². The van der Waals surface area contributed by atoms with Crippen LogP contribution >= 0.6 is 0 Å². The maximum atomic E-state index is 11.3. The third-order valence-corrected chi connectivity index (χ3v) is 3.67. The standard InChI is InChI=1S/C11H12O2/c1-13-11(12)9-5-8-6-2-3-7(4-6)10(8)9/h2-3,5-8,10H,4H2,1H3. The van der Waals surface area contributed by atoms with E-state index in [1.807, 2.05) is 0 Å². The fourth-order valence-corrected chi connectivity index (χ4v) is 3.05. The Labute approximate surface area is 77.3 Å². The monoisotopic (exact) mass is 176 g/mol. The molecule has 3 rings (SSSR count). The highest BCUT2D eigenvalue weighted by molar-refractivity contribution is 5.91. The molecule has 2 nitrogen and oxygen atoms in total. The van der Waals surface area contributed by atoms with Gasteiger partial charge >= 0.3 is 5.97 Å². The Morgan fingerprint density at radius 3 is 2.92 bits per heavy atom. The molecular formula is C11H12O2. The Kier molecular flexibility index (Phi) is 1.27. The van der Waals surface area contributed by atoms with Crippen LogP contribution in [0.5, 0.6) is 0 Å². The number of hydrogen-bond donors (Lipinski definition) is 0. The van der Waals surface area contributed by atoms with Crippen LogP contribution in [0.3, 0.4) is 0 Å². The van der Waals surface area contributed by atoms with Crippen LogP contribution in [0, 0.1) is 23.7 Å². The minimum Gasteiger partial charge on any atom is -0.466 e. The van der Waals surface area contributed by atoms with Crippen molar-refractivity contribution in [3.8, 4) is 0 Å². The molecule has 1 fully saturated rings. The van der Waals surface area contributed by atoms with Gasteiger partial charge in [-0.1, -0.05) is 18.2 Å². The molecule has 3 aliphatic rings. The number of fused-ring (bicyclic) bond motifs is 5. The number of carbonyl (C=O) groups is 1. The number of rotatable bonds is 1. The van der Waals surface area contributed by atoms with Crippen molar-refractivity contribution in [3.05, 3.63) is 23.8 Å². The summed E-state index contributed by atoms with van der Waals surface area (Å²) >= 11 is 0. The van der Waals surface area contributed by atoms with Gasteiger partial charge in [0.05, 0.1) is 7.11 Å². The lowest BCUT2D eigenvalue weighted by molar-refractivity contribution is -0.137. The van der Waals surface area contributed by atoms with E-state index in [1.165, 1.54) is 13.5 Å². The number of ether oxygens (including phenoxy) is 1. The fraction of sp³-hybridized carbons (Fsp3) is 0.545. The van der Waals surface area contributed by atoms with Crippen molar-refractivity contribution in [1.82, 2.24) is 0 Å². The Morgan fingerprint density at radius 1 is 1.46 bits per heavy atom. The molecule has 68 valence electrons. The Morgan fingerprint density at radius 2 is 2.23 bits per heavy atom. The fourth-order valence-electron chi connectivity index (χ4n) is 3.05. The van der Waals surface area contributed by atoms with E-state index in [-0.39, 0.29) is 5.97 Å². The highest BCUT2D eigenvalue weighted by atomic mass is 16.5. The van der Waals surface area contributed by atoms with Gasteiger partial charge in [-0.2, -0.15) is 0 Å². The molecule has 0 N–H and O–H groups in total. The molecule has 0 aromatic heterocycles. The number of allylic oxidation sites excluding steroid dienone is 3. The molecule has 3 aliphatic carbocycles. The maximum absolute atomic E-state index is 11.3. The van der Waals surface area contributed by atoms with Crippen LogP contribution in [-0.4, -0.2) is 13.1 Å². The molecule has 0 saturated heterocycles. The second kappa shape index (κ2) is 2.25. The highest BCUT2D eigenvalue weighted by Crippen LogP contribution is 2.57. The van der Waals surface area contributed by atoms with Gasteiger partial charge in [0.2, 0.25) is 0 Å². The van der Waals surface area contributed by atoms with E-state index in [9.17, 15) is 4.79 Å². The first-order valence-electron chi connectivity index (χ1n) is 4.79. The topological polar surface area (TPSA) is 26.3 Å². The normalized spacial score (nSPS) is 43.9.